The van der Waals surface area contributed by atoms with Gasteiger partial charge in [-0.1, -0.05) is 11.6 Å². The average Bonchev–Trinajstić information content (AvgIpc) is 2.43. The SMILES string of the molecule is Fc1cc(C(F)(F)F)cnc1F.Fc1ncc(C(F)(F)F)cc1Cl. The molecule has 0 saturated carbocycles. The predicted octanol–water partition coefficient (Wildman–Crippen LogP) is 5.27. The molecule has 2 nitrogen and oxygen atoms in total. The van der Waals surface area contributed by atoms with Gasteiger partial charge in [0.2, 0.25) is 11.9 Å². The third-order valence-corrected chi connectivity index (χ3v) is 2.51. The molecule has 24 heavy (non-hydrogen) atoms. The Labute approximate surface area is 132 Å². The van der Waals surface area contributed by atoms with Crippen LogP contribution in [0.4, 0.5) is 39.5 Å². The Bertz CT molecular complexity index is 651. The lowest BCUT2D eigenvalue weighted by molar-refractivity contribution is -0.138. The van der Waals surface area contributed by atoms with Gasteiger partial charge in [0.15, 0.2) is 5.82 Å². The molecule has 0 aromatic carbocycles. The second-order valence-corrected chi connectivity index (χ2v) is 4.40. The highest BCUT2D eigenvalue weighted by Gasteiger charge is 2.32. The van der Waals surface area contributed by atoms with Crippen LogP contribution in [-0.2, 0) is 12.4 Å². The van der Waals surface area contributed by atoms with Crippen molar-refractivity contribution in [2.24, 2.45) is 0 Å². The van der Waals surface area contributed by atoms with E-state index in [1.807, 2.05) is 0 Å². The van der Waals surface area contributed by atoms with Crippen LogP contribution < -0.4 is 0 Å². The van der Waals surface area contributed by atoms with Gasteiger partial charge < -0.3 is 0 Å². The lowest BCUT2D eigenvalue weighted by Gasteiger charge is -2.05. The number of rotatable bonds is 0. The first kappa shape index (κ1) is 20.0. The summed E-state index contributed by atoms with van der Waals surface area (Å²) in [6.45, 7) is 0. The molecule has 132 valence electrons. The van der Waals surface area contributed by atoms with Crippen molar-refractivity contribution in [1.29, 1.82) is 0 Å². The molecule has 0 unspecified atom stereocenters. The first-order valence-electron chi connectivity index (χ1n) is 5.59. The van der Waals surface area contributed by atoms with Crippen molar-refractivity contribution in [3.8, 4) is 0 Å². The van der Waals surface area contributed by atoms with E-state index in [4.69, 9.17) is 11.6 Å². The standard InChI is InChI=1S/C6H2ClF4N.C6H2F5N/c2*7-4-1-3(6(9,10)11)2-12-5(4)8/h2*1-2H. The van der Waals surface area contributed by atoms with Crippen LogP contribution in [0.15, 0.2) is 24.5 Å². The normalized spacial score (nSPS) is 11.8. The zero-order chi connectivity index (χ0) is 18.7. The van der Waals surface area contributed by atoms with E-state index in [1.54, 1.807) is 0 Å². The lowest BCUT2D eigenvalue weighted by Crippen LogP contribution is -2.07. The molecule has 0 fully saturated rings. The van der Waals surface area contributed by atoms with E-state index in [0.717, 1.165) is 0 Å². The first-order chi connectivity index (χ1) is 10.8. The van der Waals surface area contributed by atoms with Crippen LogP contribution in [0.5, 0.6) is 0 Å². The second kappa shape index (κ2) is 7.24. The summed E-state index contributed by atoms with van der Waals surface area (Å²) in [7, 11) is 0. The molecule has 2 aromatic heterocycles. The van der Waals surface area contributed by atoms with Gasteiger partial charge in [0.25, 0.3) is 0 Å². The Balaban J connectivity index is 0.000000240. The van der Waals surface area contributed by atoms with Crippen molar-refractivity contribution >= 4 is 11.6 Å². The molecule has 0 amide bonds. The number of pyridine rings is 2. The summed E-state index contributed by atoms with van der Waals surface area (Å²) in [4.78, 5) is 5.41. The Hall–Kier alpha value is -2.04. The number of hydrogen-bond donors (Lipinski definition) is 0. The molecular weight excluding hydrogens is 379 g/mol. The van der Waals surface area contributed by atoms with E-state index in [2.05, 4.69) is 9.97 Å². The Morgan fingerprint density at radius 2 is 1.12 bits per heavy atom. The number of aromatic nitrogens is 2. The maximum absolute atomic E-state index is 12.3. The van der Waals surface area contributed by atoms with Gasteiger partial charge in [0, 0.05) is 12.4 Å². The Kier molecular flexibility index (Phi) is 6.04. The highest BCUT2D eigenvalue weighted by Crippen LogP contribution is 2.30. The lowest BCUT2D eigenvalue weighted by atomic mass is 10.3. The molecular formula is C12H4ClF9N2. The maximum atomic E-state index is 12.3. The summed E-state index contributed by atoms with van der Waals surface area (Å²) >= 11 is 5.08. The van der Waals surface area contributed by atoms with Crippen LogP contribution in [0, 0.1) is 17.7 Å². The minimum atomic E-state index is -4.69. The number of halogens is 10. The third kappa shape index (κ3) is 5.55. The molecule has 0 atom stereocenters. The van der Waals surface area contributed by atoms with Gasteiger partial charge in [0.1, 0.15) is 0 Å². The third-order valence-electron chi connectivity index (χ3n) is 2.25. The molecule has 12 heteroatoms. The Morgan fingerprint density at radius 1 is 0.708 bits per heavy atom. The first-order valence-corrected chi connectivity index (χ1v) is 5.96. The molecule has 0 radical (unpaired) electrons. The number of nitrogens with zero attached hydrogens (tertiary/aromatic N) is 2. The van der Waals surface area contributed by atoms with Gasteiger partial charge in [-0.2, -0.15) is 35.1 Å². The van der Waals surface area contributed by atoms with Crippen LogP contribution in [-0.4, -0.2) is 9.97 Å². The van der Waals surface area contributed by atoms with E-state index in [-0.39, 0.29) is 12.3 Å². The van der Waals surface area contributed by atoms with Crippen molar-refractivity contribution in [3.63, 3.8) is 0 Å². The van der Waals surface area contributed by atoms with Crippen LogP contribution in [0.1, 0.15) is 11.1 Å². The van der Waals surface area contributed by atoms with Crippen LogP contribution in [0.2, 0.25) is 5.02 Å². The molecule has 0 saturated heterocycles. The van der Waals surface area contributed by atoms with E-state index in [9.17, 15) is 39.5 Å². The van der Waals surface area contributed by atoms with Crippen molar-refractivity contribution in [3.05, 3.63) is 58.4 Å². The van der Waals surface area contributed by atoms with Gasteiger partial charge in [-0.25, -0.2) is 14.4 Å². The van der Waals surface area contributed by atoms with E-state index >= 15 is 0 Å². The predicted molar refractivity (Wildman–Crippen MR) is 63.4 cm³/mol. The summed E-state index contributed by atoms with van der Waals surface area (Å²) in [6.07, 6.45) is -8.61. The van der Waals surface area contributed by atoms with Gasteiger partial charge in [-0.05, 0) is 12.1 Å². The molecule has 0 spiro atoms. The highest BCUT2D eigenvalue weighted by atomic mass is 35.5. The molecule has 0 N–H and O–H groups in total. The van der Waals surface area contributed by atoms with E-state index in [0.29, 0.717) is 12.3 Å². The van der Waals surface area contributed by atoms with Crippen molar-refractivity contribution in [2.45, 2.75) is 12.4 Å². The summed E-state index contributed by atoms with van der Waals surface area (Å²) in [5.41, 5.74) is -2.37. The summed E-state index contributed by atoms with van der Waals surface area (Å²) in [5, 5.41) is -0.634. The van der Waals surface area contributed by atoms with Gasteiger partial charge >= 0.3 is 12.4 Å². The van der Waals surface area contributed by atoms with Crippen molar-refractivity contribution in [1.82, 2.24) is 9.97 Å². The van der Waals surface area contributed by atoms with Crippen LogP contribution >= 0.6 is 11.6 Å². The zero-order valence-corrected chi connectivity index (χ0v) is 11.7. The fraction of sp³-hybridized carbons (Fsp3) is 0.167. The van der Waals surface area contributed by atoms with Crippen molar-refractivity contribution in [2.75, 3.05) is 0 Å². The fourth-order valence-corrected chi connectivity index (χ4v) is 1.32. The van der Waals surface area contributed by atoms with Crippen molar-refractivity contribution < 1.29 is 39.5 Å². The summed E-state index contributed by atoms with van der Waals surface area (Å²) in [5.74, 6) is -4.25. The molecule has 0 bridgehead atoms. The van der Waals surface area contributed by atoms with Crippen LogP contribution in [0.25, 0.3) is 0 Å². The molecule has 0 aliphatic carbocycles. The quantitative estimate of drug-likeness (QED) is 0.458. The fourth-order valence-electron chi connectivity index (χ4n) is 1.15. The summed E-state index contributed by atoms with van der Waals surface area (Å²) in [6, 6.07) is 0.548. The smallest absolute Gasteiger partial charge is 0.226 e. The molecule has 0 aliphatic heterocycles. The number of hydrogen-bond acceptors (Lipinski definition) is 2. The van der Waals surface area contributed by atoms with E-state index < -0.39 is 46.2 Å². The van der Waals surface area contributed by atoms with Gasteiger partial charge in [0.05, 0.1) is 16.1 Å². The second-order valence-electron chi connectivity index (χ2n) is 3.99. The minimum absolute atomic E-state index is 0.0579. The zero-order valence-electron chi connectivity index (χ0n) is 11.0. The van der Waals surface area contributed by atoms with Gasteiger partial charge in [-0.3, -0.25) is 0 Å². The Morgan fingerprint density at radius 3 is 1.50 bits per heavy atom. The minimum Gasteiger partial charge on any atom is -0.226 e. The highest BCUT2D eigenvalue weighted by molar-refractivity contribution is 6.30. The van der Waals surface area contributed by atoms with E-state index in [1.165, 1.54) is 0 Å². The maximum Gasteiger partial charge on any atom is 0.417 e. The monoisotopic (exact) mass is 382 g/mol. The van der Waals surface area contributed by atoms with Crippen LogP contribution in [0.3, 0.4) is 0 Å². The molecule has 2 heterocycles. The van der Waals surface area contributed by atoms with Gasteiger partial charge in [-0.15, -0.1) is 0 Å². The largest absolute Gasteiger partial charge is 0.417 e. The topological polar surface area (TPSA) is 25.8 Å². The molecule has 2 aromatic rings. The molecule has 2 rings (SSSR count). The summed E-state index contributed by atoms with van der Waals surface area (Å²) < 4.78 is 107. The average molecular weight is 383 g/mol. The molecule has 0 aliphatic rings. The number of alkyl halides is 6.